The molecular formula is C20H15BrClNO2. The third-order valence-corrected chi connectivity index (χ3v) is 4.23. The molecule has 3 aromatic carbocycles. The lowest BCUT2D eigenvalue weighted by atomic mass is 10.1. The third-order valence-electron chi connectivity index (χ3n) is 3.46. The molecule has 0 heterocycles. The number of carbonyl (C=O) groups is 1. The van der Waals surface area contributed by atoms with Crippen molar-refractivity contribution in [3.8, 4) is 11.5 Å². The predicted octanol–water partition coefficient (Wildman–Crippen LogP) is 6.08. The molecule has 0 aliphatic heterocycles. The lowest BCUT2D eigenvalue weighted by Crippen LogP contribution is -2.15. The molecular weight excluding hydrogens is 402 g/mol. The Morgan fingerprint density at radius 2 is 1.72 bits per heavy atom. The van der Waals surface area contributed by atoms with E-state index in [4.69, 9.17) is 16.3 Å². The molecule has 1 amide bonds. The zero-order chi connectivity index (χ0) is 17.6. The topological polar surface area (TPSA) is 38.3 Å². The summed E-state index contributed by atoms with van der Waals surface area (Å²) < 4.78 is 6.83. The number of benzene rings is 3. The normalized spacial score (nSPS) is 10.3. The number of nitrogens with one attached hydrogen (secondary N) is 1. The number of anilines is 1. The van der Waals surface area contributed by atoms with Crippen LogP contribution < -0.4 is 10.1 Å². The molecule has 0 atom stereocenters. The van der Waals surface area contributed by atoms with Gasteiger partial charge in [-0.05, 0) is 48.0 Å². The molecule has 0 fully saturated rings. The molecule has 0 saturated carbocycles. The maximum Gasteiger partial charge on any atom is 0.228 e. The van der Waals surface area contributed by atoms with Crippen LogP contribution in [0, 0.1) is 0 Å². The van der Waals surface area contributed by atoms with Crippen LogP contribution in [0.25, 0.3) is 0 Å². The van der Waals surface area contributed by atoms with E-state index in [9.17, 15) is 4.79 Å². The molecule has 3 rings (SSSR count). The van der Waals surface area contributed by atoms with Crippen molar-refractivity contribution in [2.75, 3.05) is 5.32 Å². The van der Waals surface area contributed by atoms with Gasteiger partial charge in [0.1, 0.15) is 5.75 Å². The summed E-state index contributed by atoms with van der Waals surface area (Å²) >= 11 is 9.45. The molecule has 3 aromatic rings. The highest BCUT2D eigenvalue weighted by Gasteiger charge is 2.11. The first-order chi connectivity index (χ1) is 12.1. The van der Waals surface area contributed by atoms with Crippen molar-refractivity contribution in [2.24, 2.45) is 0 Å². The van der Waals surface area contributed by atoms with Crippen molar-refractivity contribution in [1.82, 2.24) is 0 Å². The van der Waals surface area contributed by atoms with E-state index in [0.29, 0.717) is 22.2 Å². The lowest BCUT2D eigenvalue weighted by molar-refractivity contribution is -0.115. The van der Waals surface area contributed by atoms with E-state index in [2.05, 4.69) is 21.2 Å². The number of amides is 1. The Morgan fingerprint density at radius 1 is 1.00 bits per heavy atom. The van der Waals surface area contributed by atoms with Crippen LogP contribution in [0.15, 0.2) is 77.3 Å². The summed E-state index contributed by atoms with van der Waals surface area (Å²) in [5, 5.41) is 3.40. The van der Waals surface area contributed by atoms with E-state index >= 15 is 0 Å². The molecule has 0 unspecified atom stereocenters. The molecule has 25 heavy (non-hydrogen) atoms. The Labute approximate surface area is 159 Å². The molecule has 5 heteroatoms. The summed E-state index contributed by atoms with van der Waals surface area (Å²) in [6.07, 6.45) is 0.268. The fourth-order valence-electron chi connectivity index (χ4n) is 2.29. The fourth-order valence-corrected chi connectivity index (χ4v) is 2.72. The second kappa shape index (κ2) is 8.19. The predicted molar refractivity (Wildman–Crippen MR) is 104 cm³/mol. The summed E-state index contributed by atoms with van der Waals surface area (Å²) in [5.41, 5.74) is 1.46. The van der Waals surface area contributed by atoms with E-state index in [1.54, 1.807) is 18.2 Å². The van der Waals surface area contributed by atoms with Crippen molar-refractivity contribution < 1.29 is 9.53 Å². The van der Waals surface area contributed by atoms with Crippen LogP contribution in [-0.4, -0.2) is 5.91 Å². The van der Waals surface area contributed by atoms with Gasteiger partial charge in [-0.15, -0.1) is 0 Å². The molecule has 0 aromatic heterocycles. The molecule has 3 nitrogen and oxygen atoms in total. The zero-order valence-electron chi connectivity index (χ0n) is 13.2. The summed E-state index contributed by atoms with van der Waals surface area (Å²) in [6.45, 7) is 0. The zero-order valence-corrected chi connectivity index (χ0v) is 15.5. The van der Waals surface area contributed by atoms with Crippen LogP contribution in [0.3, 0.4) is 0 Å². The first-order valence-electron chi connectivity index (χ1n) is 7.67. The molecule has 0 radical (unpaired) electrons. The van der Waals surface area contributed by atoms with Crippen LogP contribution in [0.5, 0.6) is 11.5 Å². The van der Waals surface area contributed by atoms with Crippen molar-refractivity contribution >= 4 is 39.1 Å². The first-order valence-corrected chi connectivity index (χ1v) is 8.84. The number of carbonyl (C=O) groups excluding carboxylic acids is 1. The maximum absolute atomic E-state index is 12.4. The number of rotatable bonds is 5. The summed E-state index contributed by atoms with van der Waals surface area (Å²) in [5.74, 6) is 1.09. The van der Waals surface area contributed by atoms with Crippen LogP contribution >= 0.6 is 27.5 Å². The minimum atomic E-state index is -0.137. The Kier molecular flexibility index (Phi) is 5.74. The highest BCUT2D eigenvalue weighted by atomic mass is 79.9. The van der Waals surface area contributed by atoms with E-state index < -0.39 is 0 Å². The van der Waals surface area contributed by atoms with Gasteiger partial charge in [0.2, 0.25) is 5.91 Å². The SMILES string of the molecule is O=C(Cc1ccc(Br)cc1)Nc1cc(Cl)ccc1Oc1ccccc1. The number of para-hydroxylation sites is 1. The van der Waals surface area contributed by atoms with Crippen LogP contribution in [0.1, 0.15) is 5.56 Å². The van der Waals surface area contributed by atoms with Crippen molar-refractivity contribution in [3.63, 3.8) is 0 Å². The molecule has 0 aliphatic carbocycles. The Morgan fingerprint density at radius 3 is 2.44 bits per heavy atom. The number of hydrogen-bond donors (Lipinski definition) is 1. The van der Waals surface area contributed by atoms with E-state index in [-0.39, 0.29) is 12.3 Å². The smallest absolute Gasteiger partial charge is 0.228 e. The van der Waals surface area contributed by atoms with Crippen LogP contribution in [0.2, 0.25) is 5.02 Å². The maximum atomic E-state index is 12.4. The van der Waals surface area contributed by atoms with Gasteiger partial charge in [-0.1, -0.05) is 57.9 Å². The Bertz CT molecular complexity index is 867. The van der Waals surface area contributed by atoms with Crippen molar-refractivity contribution in [3.05, 3.63) is 87.9 Å². The van der Waals surface area contributed by atoms with Gasteiger partial charge in [-0.25, -0.2) is 0 Å². The monoisotopic (exact) mass is 415 g/mol. The molecule has 0 bridgehead atoms. The Hall–Kier alpha value is -2.30. The molecule has 0 saturated heterocycles. The van der Waals surface area contributed by atoms with Gasteiger partial charge in [0.15, 0.2) is 5.75 Å². The van der Waals surface area contributed by atoms with E-state index in [0.717, 1.165) is 10.0 Å². The van der Waals surface area contributed by atoms with Gasteiger partial charge in [-0.3, -0.25) is 4.79 Å². The average Bonchev–Trinajstić information content (AvgIpc) is 2.60. The van der Waals surface area contributed by atoms with Gasteiger partial charge in [-0.2, -0.15) is 0 Å². The van der Waals surface area contributed by atoms with Crippen molar-refractivity contribution in [2.45, 2.75) is 6.42 Å². The molecule has 1 N–H and O–H groups in total. The minimum absolute atomic E-state index is 0.137. The van der Waals surface area contributed by atoms with Gasteiger partial charge < -0.3 is 10.1 Å². The van der Waals surface area contributed by atoms with Crippen LogP contribution in [0.4, 0.5) is 5.69 Å². The molecule has 0 aliphatic rings. The highest BCUT2D eigenvalue weighted by Crippen LogP contribution is 2.32. The van der Waals surface area contributed by atoms with Crippen molar-refractivity contribution in [1.29, 1.82) is 0 Å². The largest absolute Gasteiger partial charge is 0.455 e. The first kappa shape index (κ1) is 17.5. The van der Waals surface area contributed by atoms with Gasteiger partial charge >= 0.3 is 0 Å². The summed E-state index contributed by atoms with van der Waals surface area (Å²) in [6, 6.07) is 22.2. The van der Waals surface area contributed by atoms with Gasteiger partial charge in [0.05, 0.1) is 12.1 Å². The Balaban J connectivity index is 1.75. The molecule has 0 spiro atoms. The number of halogens is 2. The second-order valence-corrected chi connectivity index (χ2v) is 6.76. The number of ether oxygens (including phenoxy) is 1. The average molecular weight is 417 g/mol. The second-order valence-electron chi connectivity index (χ2n) is 5.41. The summed E-state index contributed by atoms with van der Waals surface area (Å²) in [4.78, 5) is 12.4. The van der Waals surface area contributed by atoms with Crippen LogP contribution in [-0.2, 0) is 11.2 Å². The summed E-state index contributed by atoms with van der Waals surface area (Å²) in [7, 11) is 0. The fraction of sp³-hybridized carbons (Fsp3) is 0.0500. The minimum Gasteiger partial charge on any atom is -0.455 e. The lowest BCUT2D eigenvalue weighted by Gasteiger charge is -2.13. The quantitative estimate of drug-likeness (QED) is 0.547. The highest BCUT2D eigenvalue weighted by molar-refractivity contribution is 9.10. The van der Waals surface area contributed by atoms with Gasteiger partial charge in [0, 0.05) is 9.50 Å². The van der Waals surface area contributed by atoms with Gasteiger partial charge in [0.25, 0.3) is 0 Å². The van der Waals surface area contributed by atoms with E-state index in [1.165, 1.54) is 0 Å². The number of hydrogen-bond acceptors (Lipinski definition) is 2. The molecule has 126 valence electrons. The third kappa shape index (κ3) is 5.08. The standard InChI is InChI=1S/C20H15BrClNO2/c21-15-8-6-14(7-9-15)12-20(24)23-18-13-16(22)10-11-19(18)25-17-4-2-1-3-5-17/h1-11,13H,12H2,(H,23,24). The van der Waals surface area contributed by atoms with E-state index in [1.807, 2.05) is 54.6 Å².